The first kappa shape index (κ1) is 23.8. The van der Waals surface area contributed by atoms with Crippen LogP contribution in [0.1, 0.15) is 31.5 Å². The molecule has 0 amide bonds. The zero-order chi connectivity index (χ0) is 24.9. The van der Waals surface area contributed by atoms with Gasteiger partial charge in [-0.15, -0.1) is 0 Å². The molecule has 5 heterocycles. The average molecular weight is 482 g/mol. The van der Waals surface area contributed by atoms with E-state index in [2.05, 4.69) is 58.0 Å². The quantitative estimate of drug-likeness (QED) is 0.369. The maximum absolute atomic E-state index is 9.64. The Morgan fingerprint density at radius 3 is 2.64 bits per heavy atom. The van der Waals surface area contributed by atoms with E-state index in [-0.39, 0.29) is 0 Å². The Labute approximate surface area is 211 Å². The Hall–Kier alpha value is -3.96. The lowest BCUT2D eigenvalue weighted by Crippen LogP contribution is -2.46. The van der Waals surface area contributed by atoms with E-state index in [1.165, 1.54) is 0 Å². The van der Waals surface area contributed by atoms with Crippen molar-refractivity contribution in [2.45, 2.75) is 26.8 Å². The van der Waals surface area contributed by atoms with Gasteiger partial charge in [0.25, 0.3) is 0 Å². The first-order chi connectivity index (χ1) is 17.6. The summed E-state index contributed by atoms with van der Waals surface area (Å²) < 4.78 is 7.79. The van der Waals surface area contributed by atoms with Crippen LogP contribution in [0, 0.1) is 17.2 Å². The number of piperazine rings is 1. The summed E-state index contributed by atoms with van der Waals surface area (Å²) in [5.74, 6) is 2.16. The summed E-state index contributed by atoms with van der Waals surface area (Å²) in [5.41, 5.74) is 4.23. The molecular formula is C28H31N7O. The van der Waals surface area contributed by atoms with E-state index in [0.717, 1.165) is 73.0 Å². The maximum atomic E-state index is 9.64. The number of hydrogen-bond donors (Lipinski definition) is 0. The van der Waals surface area contributed by atoms with Crippen LogP contribution in [0.3, 0.4) is 0 Å². The number of rotatable bonds is 8. The molecular weight excluding hydrogens is 450 g/mol. The van der Waals surface area contributed by atoms with Crippen molar-refractivity contribution < 1.29 is 4.74 Å². The van der Waals surface area contributed by atoms with Gasteiger partial charge in [-0.2, -0.15) is 10.4 Å². The van der Waals surface area contributed by atoms with Crippen LogP contribution in [-0.4, -0.2) is 57.3 Å². The predicted octanol–water partition coefficient (Wildman–Crippen LogP) is 4.41. The highest BCUT2D eigenvalue weighted by Crippen LogP contribution is 2.31. The third-order valence-corrected chi connectivity index (χ3v) is 6.81. The van der Waals surface area contributed by atoms with Crippen LogP contribution in [0.25, 0.3) is 16.6 Å². The van der Waals surface area contributed by atoms with Gasteiger partial charge in [0.15, 0.2) is 0 Å². The zero-order valence-corrected chi connectivity index (χ0v) is 20.8. The molecule has 36 heavy (non-hydrogen) atoms. The molecule has 0 saturated carbocycles. The summed E-state index contributed by atoms with van der Waals surface area (Å²) in [6.07, 6.45) is 8.23. The Morgan fingerprint density at radius 2 is 1.94 bits per heavy atom. The molecule has 5 rings (SSSR count). The third kappa shape index (κ3) is 5.16. The molecule has 0 N–H and O–H groups in total. The normalized spacial score (nSPS) is 15.1. The molecule has 0 spiro atoms. The highest BCUT2D eigenvalue weighted by molar-refractivity contribution is 5.85. The van der Waals surface area contributed by atoms with Crippen molar-refractivity contribution in [2.24, 2.45) is 5.92 Å². The monoisotopic (exact) mass is 481 g/mol. The number of ether oxygens (including phenoxy) is 1. The fourth-order valence-electron chi connectivity index (χ4n) is 4.42. The average Bonchev–Trinajstić information content (AvgIpc) is 3.35. The number of pyridine rings is 3. The summed E-state index contributed by atoms with van der Waals surface area (Å²) in [4.78, 5) is 14.0. The minimum atomic E-state index is 0.460. The molecule has 1 aliphatic heterocycles. The van der Waals surface area contributed by atoms with Crippen molar-refractivity contribution in [1.29, 1.82) is 5.26 Å². The Morgan fingerprint density at radius 1 is 1.08 bits per heavy atom. The van der Waals surface area contributed by atoms with E-state index in [4.69, 9.17) is 9.72 Å². The van der Waals surface area contributed by atoms with Gasteiger partial charge >= 0.3 is 0 Å². The van der Waals surface area contributed by atoms with E-state index < -0.39 is 0 Å². The van der Waals surface area contributed by atoms with Gasteiger partial charge in [0.05, 0.1) is 35.8 Å². The summed E-state index contributed by atoms with van der Waals surface area (Å²) >= 11 is 0. The summed E-state index contributed by atoms with van der Waals surface area (Å²) in [6.45, 7) is 9.61. The largest absolute Gasteiger partial charge is 0.492 e. The van der Waals surface area contributed by atoms with Crippen LogP contribution >= 0.6 is 0 Å². The molecule has 0 radical (unpaired) electrons. The fraction of sp³-hybridized carbons (Fsp3) is 0.357. The van der Waals surface area contributed by atoms with Gasteiger partial charge in [0.2, 0.25) is 0 Å². The van der Waals surface area contributed by atoms with Gasteiger partial charge in [-0.25, -0.2) is 9.50 Å². The number of fused-ring (bicyclic) bond motifs is 1. The standard InChI is InChI=1S/C28H31N7O/c1-3-21(2)20-36-25-14-26(28-23(15-29)17-32-35(28)19-25)22-7-8-27(31-16-22)34-12-10-33(11-13-34)18-24-6-4-5-9-30-24/h4-9,14,16-17,19,21H,3,10-13,18,20H2,1-2H3. The third-order valence-electron chi connectivity index (χ3n) is 6.81. The number of hydrogen-bond acceptors (Lipinski definition) is 7. The smallest absolute Gasteiger partial charge is 0.138 e. The second-order valence-electron chi connectivity index (χ2n) is 9.37. The van der Waals surface area contributed by atoms with E-state index >= 15 is 0 Å². The van der Waals surface area contributed by atoms with Crippen LogP contribution in [0.2, 0.25) is 0 Å². The maximum Gasteiger partial charge on any atom is 0.138 e. The molecule has 1 fully saturated rings. The lowest BCUT2D eigenvalue weighted by atomic mass is 10.1. The first-order valence-corrected chi connectivity index (χ1v) is 12.5. The molecule has 1 atom stereocenters. The minimum Gasteiger partial charge on any atom is -0.492 e. The molecule has 0 aromatic carbocycles. The molecule has 8 nitrogen and oxygen atoms in total. The minimum absolute atomic E-state index is 0.460. The summed E-state index contributed by atoms with van der Waals surface area (Å²) in [5, 5.41) is 14.0. The predicted molar refractivity (Wildman–Crippen MR) is 140 cm³/mol. The van der Waals surface area contributed by atoms with Gasteiger partial charge in [-0.1, -0.05) is 26.3 Å². The number of nitrogens with zero attached hydrogens (tertiary/aromatic N) is 7. The SMILES string of the molecule is CCC(C)COc1cc(-c2ccc(N3CCN(Cc4ccccn4)CC3)nc2)c2c(C#N)cnn2c1. The van der Waals surface area contributed by atoms with Gasteiger partial charge in [-0.3, -0.25) is 9.88 Å². The summed E-state index contributed by atoms with van der Waals surface area (Å²) in [6, 6.07) is 14.5. The highest BCUT2D eigenvalue weighted by Gasteiger charge is 2.19. The molecule has 1 unspecified atom stereocenters. The highest BCUT2D eigenvalue weighted by atomic mass is 16.5. The van der Waals surface area contributed by atoms with Gasteiger partial charge < -0.3 is 9.64 Å². The van der Waals surface area contributed by atoms with Crippen molar-refractivity contribution in [3.63, 3.8) is 0 Å². The van der Waals surface area contributed by atoms with Crippen LogP contribution < -0.4 is 9.64 Å². The summed E-state index contributed by atoms with van der Waals surface area (Å²) in [7, 11) is 0. The van der Waals surface area contributed by atoms with Crippen molar-refractivity contribution in [3.8, 4) is 22.9 Å². The van der Waals surface area contributed by atoms with Crippen molar-refractivity contribution in [3.05, 3.63) is 72.4 Å². The van der Waals surface area contributed by atoms with Crippen molar-refractivity contribution in [2.75, 3.05) is 37.7 Å². The van der Waals surface area contributed by atoms with Crippen LogP contribution in [-0.2, 0) is 6.54 Å². The van der Waals surface area contributed by atoms with Crippen molar-refractivity contribution in [1.82, 2.24) is 24.5 Å². The molecule has 8 heteroatoms. The molecule has 0 bridgehead atoms. The molecule has 4 aromatic heterocycles. The van der Waals surface area contributed by atoms with Gasteiger partial charge in [-0.05, 0) is 36.2 Å². The number of nitriles is 1. The van der Waals surface area contributed by atoms with E-state index in [0.29, 0.717) is 18.1 Å². The van der Waals surface area contributed by atoms with E-state index in [9.17, 15) is 5.26 Å². The molecule has 4 aromatic rings. The molecule has 0 aliphatic carbocycles. The second-order valence-corrected chi connectivity index (χ2v) is 9.37. The fourth-order valence-corrected chi connectivity index (χ4v) is 4.42. The molecule has 1 saturated heterocycles. The van der Waals surface area contributed by atoms with Crippen molar-refractivity contribution >= 4 is 11.3 Å². The molecule has 1 aliphatic rings. The topological polar surface area (TPSA) is 82.6 Å². The van der Waals surface area contributed by atoms with Crippen LogP contribution in [0.5, 0.6) is 5.75 Å². The van der Waals surface area contributed by atoms with E-state index in [1.807, 2.05) is 36.8 Å². The molecule has 184 valence electrons. The first-order valence-electron chi connectivity index (χ1n) is 12.5. The lowest BCUT2D eigenvalue weighted by Gasteiger charge is -2.35. The lowest BCUT2D eigenvalue weighted by molar-refractivity contribution is 0.246. The Kier molecular flexibility index (Phi) is 7.10. The zero-order valence-electron chi connectivity index (χ0n) is 20.8. The second kappa shape index (κ2) is 10.8. The Balaban J connectivity index is 1.33. The van der Waals surface area contributed by atoms with Crippen LogP contribution in [0.15, 0.2) is 61.2 Å². The Bertz CT molecular complexity index is 1340. The van der Waals surface area contributed by atoms with Gasteiger partial charge in [0, 0.05) is 56.2 Å². The number of anilines is 1. The number of aromatic nitrogens is 4. The van der Waals surface area contributed by atoms with E-state index in [1.54, 1.807) is 10.7 Å². The van der Waals surface area contributed by atoms with Crippen LogP contribution in [0.4, 0.5) is 5.82 Å². The van der Waals surface area contributed by atoms with Gasteiger partial charge in [0.1, 0.15) is 17.6 Å².